The van der Waals surface area contributed by atoms with Crippen LogP contribution in [0.25, 0.3) is 0 Å². The summed E-state index contributed by atoms with van der Waals surface area (Å²) in [5.41, 5.74) is 0. The van der Waals surface area contributed by atoms with Gasteiger partial charge in [-0.3, -0.25) is 0 Å². The molecule has 1 aliphatic heterocycles. The van der Waals surface area contributed by atoms with Crippen LogP contribution in [-0.4, -0.2) is 23.2 Å². The molecular formula is C3H8O2Si. The first kappa shape index (κ1) is 4.30. The molecule has 36 valence electrons. The van der Waals surface area contributed by atoms with Gasteiger partial charge in [-0.05, 0) is 6.42 Å². The molecule has 0 N–H and O–H groups in total. The molecule has 0 atom stereocenters. The molecule has 1 saturated heterocycles. The van der Waals surface area contributed by atoms with Gasteiger partial charge in [0.05, 0.1) is 0 Å². The third-order valence-electron chi connectivity index (χ3n) is 0.744. The van der Waals surface area contributed by atoms with Gasteiger partial charge in [0.15, 0.2) is 0 Å². The second-order valence-electron chi connectivity index (χ2n) is 1.29. The van der Waals surface area contributed by atoms with Gasteiger partial charge in [0.1, 0.15) is 0 Å². The molecule has 3 heteroatoms. The van der Waals surface area contributed by atoms with Crippen molar-refractivity contribution in [3.05, 3.63) is 0 Å². The minimum Gasteiger partial charge on any atom is -0.399 e. The van der Waals surface area contributed by atoms with E-state index in [0.717, 1.165) is 19.6 Å². The van der Waals surface area contributed by atoms with E-state index in [-0.39, 0.29) is 0 Å². The summed E-state index contributed by atoms with van der Waals surface area (Å²) < 4.78 is 9.97. The fourth-order valence-corrected chi connectivity index (χ4v) is 1.20. The molecule has 1 heterocycles. The third kappa shape index (κ3) is 1.08. The molecule has 1 rings (SSSR count). The molecule has 0 aromatic carbocycles. The van der Waals surface area contributed by atoms with Gasteiger partial charge >= 0.3 is 10.0 Å². The Balaban J connectivity index is 2.00. The van der Waals surface area contributed by atoms with E-state index in [4.69, 9.17) is 8.85 Å². The predicted molar refractivity (Wildman–Crippen MR) is 25.1 cm³/mol. The van der Waals surface area contributed by atoms with E-state index in [2.05, 4.69) is 0 Å². The average Bonchev–Trinajstić information content (AvgIpc) is 1.72. The molecule has 6 heavy (non-hydrogen) atoms. The van der Waals surface area contributed by atoms with Crippen LogP contribution < -0.4 is 0 Å². The molecule has 0 aromatic rings. The van der Waals surface area contributed by atoms with E-state index in [0.29, 0.717) is 0 Å². The Morgan fingerprint density at radius 1 is 1.17 bits per heavy atom. The summed E-state index contributed by atoms with van der Waals surface area (Å²) in [5.74, 6) is 0. The van der Waals surface area contributed by atoms with Crippen molar-refractivity contribution in [1.29, 1.82) is 0 Å². The monoisotopic (exact) mass is 104 g/mol. The summed E-state index contributed by atoms with van der Waals surface area (Å²) >= 11 is 0. The number of hydrogen-bond donors (Lipinski definition) is 0. The lowest BCUT2D eigenvalue weighted by atomic mass is 10.5. The molecule has 0 aromatic heterocycles. The molecule has 0 saturated carbocycles. The highest BCUT2D eigenvalue weighted by Gasteiger charge is 1.95. The maximum absolute atomic E-state index is 4.99. The van der Waals surface area contributed by atoms with Gasteiger partial charge in [-0.25, -0.2) is 0 Å². The highest BCUT2D eigenvalue weighted by atomic mass is 28.3. The van der Waals surface area contributed by atoms with Crippen LogP contribution in [0.5, 0.6) is 0 Å². The summed E-state index contributed by atoms with van der Waals surface area (Å²) in [6.07, 6.45) is 1.09. The molecule has 0 unspecified atom stereocenters. The molecule has 0 aliphatic carbocycles. The fourth-order valence-electron chi connectivity index (χ4n) is 0.440. The van der Waals surface area contributed by atoms with E-state index in [9.17, 15) is 0 Å². The summed E-state index contributed by atoms with van der Waals surface area (Å²) in [6, 6.07) is 0. The van der Waals surface area contributed by atoms with E-state index < -0.39 is 10.0 Å². The van der Waals surface area contributed by atoms with Crippen LogP contribution in [-0.2, 0) is 8.85 Å². The highest BCUT2D eigenvalue weighted by Crippen LogP contribution is 1.89. The molecule has 1 aliphatic rings. The Kier molecular flexibility index (Phi) is 1.67. The zero-order valence-corrected chi connectivity index (χ0v) is 5.06. The minimum absolute atomic E-state index is 0.492. The first-order valence-electron chi connectivity index (χ1n) is 2.15. The number of hydrogen-bond acceptors (Lipinski definition) is 2. The minimum atomic E-state index is -0.492. The first-order chi connectivity index (χ1) is 3.00. The Bertz CT molecular complexity index is 24.3. The van der Waals surface area contributed by atoms with Gasteiger partial charge in [-0.15, -0.1) is 0 Å². The molecule has 0 radical (unpaired) electrons. The predicted octanol–water partition coefficient (Wildman–Crippen LogP) is -0.578. The zero-order valence-electron chi connectivity index (χ0n) is 3.64. The lowest BCUT2D eigenvalue weighted by molar-refractivity contribution is 0.156. The Hall–Kier alpha value is 0.137. The van der Waals surface area contributed by atoms with Crippen molar-refractivity contribution in [1.82, 2.24) is 0 Å². The first-order valence-corrected chi connectivity index (χ1v) is 3.31. The Morgan fingerprint density at radius 3 is 2.00 bits per heavy atom. The Labute approximate surface area is 39.5 Å². The van der Waals surface area contributed by atoms with Crippen molar-refractivity contribution in [3.8, 4) is 0 Å². The van der Waals surface area contributed by atoms with Crippen molar-refractivity contribution in [2.24, 2.45) is 0 Å². The Morgan fingerprint density at radius 2 is 1.83 bits per heavy atom. The van der Waals surface area contributed by atoms with Gasteiger partial charge in [0.2, 0.25) is 0 Å². The van der Waals surface area contributed by atoms with Crippen LogP contribution in [0.4, 0.5) is 0 Å². The lowest BCUT2D eigenvalue weighted by Crippen LogP contribution is -2.14. The second kappa shape index (κ2) is 2.33. The van der Waals surface area contributed by atoms with Crippen LogP contribution in [0.15, 0.2) is 0 Å². The van der Waals surface area contributed by atoms with E-state index in [1.807, 2.05) is 0 Å². The van der Waals surface area contributed by atoms with Crippen LogP contribution in [0.3, 0.4) is 0 Å². The quantitative estimate of drug-likeness (QED) is 0.383. The van der Waals surface area contributed by atoms with Crippen molar-refractivity contribution in [3.63, 3.8) is 0 Å². The topological polar surface area (TPSA) is 18.5 Å². The lowest BCUT2D eigenvalue weighted by Gasteiger charge is -2.09. The molecule has 1 fully saturated rings. The molecule has 2 nitrogen and oxygen atoms in total. The highest BCUT2D eigenvalue weighted by molar-refractivity contribution is 6.18. The van der Waals surface area contributed by atoms with Crippen LogP contribution in [0.1, 0.15) is 6.42 Å². The van der Waals surface area contributed by atoms with E-state index in [1.54, 1.807) is 0 Å². The maximum Gasteiger partial charge on any atom is 0.304 e. The van der Waals surface area contributed by atoms with Crippen molar-refractivity contribution in [2.45, 2.75) is 6.42 Å². The van der Waals surface area contributed by atoms with Crippen LogP contribution in [0.2, 0.25) is 0 Å². The SMILES string of the molecule is C1CO[SiH2]OC1. The van der Waals surface area contributed by atoms with Crippen molar-refractivity contribution >= 4 is 10.0 Å². The number of rotatable bonds is 0. The van der Waals surface area contributed by atoms with E-state index >= 15 is 0 Å². The van der Waals surface area contributed by atoms with Crippen molar-refractivity contribution in [2.75, 3.05) is 13.2 Å². The van der Waals surface area contributed by atoms with Gasteiger partial charge in [-0.1, -0.05) is 0 Å². The largest absolute Gasteiger partial charge is 0.399 e. The van der Waals surface area contributed by atoms with Gasteiger partial charge in [0.25, 0.3) is 0 Å². The van der Waals surface area contributed by atoms with Crippen molar-refractivity contribution < 1.29 is 8.85 Å². The maximum atomic E-state index is 4.99. The third-order valence-corrected chi connectivity index (χ3v) is 1.65. The normalized spacial score (nSPS) is 24.0. The van der Waals surface area contributed by atoms with Crippen LogP contribution >= 0.6 is 0 Å². The van der Waals surface area contributed by atoms with Crippen LogP contribution in [0, 0.1) is 0 Å². The zero-order chi connectivity index (χ0) is 4.24. The summed E-state index contributed by atoms with van der Waals surface area (Å²) in [6.45, 7) is 1.87. The van der Waals surface area contributed by atoms with E-state index in [1.165, 1.54) is 0 Å². The smallest absolute Gasteiger partial charge is 0.304 e. The van der Waals surface area contributed by atoms with Gasteiger partial charge in [0, 0.05) is 13.2 Å². The molecule has 0 spiro atoms. The van der Waals surface area contributed by atoms with Gasteiger partial charge < -0.3 is 8.85 Å². The second-order valence-corrected chi connectivity index (χ2v) is 2.34. The standard InChI is InChI=1S/C3H8O2Si/c1-2-4-6-5-3-1/h1-3,6H2. The summed E-state index contributed by atoms with van der Waals surface area (Å²) in [4.78, 5) is 0. The molecule has 0 bridgehead atoms. The molecule has 0 amide bonds. The van der Waals surface area contributed by atoms with Gasteiger partial charge in [-0.2, -0.15) is 0 Å². The molecular weight excluding hydrogens is 96.1 g/mol. The summed E-state index contributed by atoms with van der Waals surface area (Å²) in [7, 11) is -0.492. The average molecular weight is 104 g/mol. The summed E-state index contributed by atoms with van der Waals surface area (Å²) in [5, 5.41) is 0. The fraction of sp³-hybridized carbons (Fsp3) is 1.00.